The number of rotatable bonds is 6. The van der Waals surface area contributed by atoms with Crippen LogP contribution in [0.5, 0.6) is 5.75 Å². The van der Waals surface area contributed by atoms with Crippen LogP contribution in [0.15, 0.2) is 67.0 Å². The lowest BCUT2D eigenvalue weighted by molar-refractivity contribution is 0.220. The van der Waals surface area contributed by atoms with Crippen molar-refractivity contribution >= 4 is 17.3 Å². The number of pyridine rings is 1. The van der Waals surface area contributed by atoms with Gasteiger partial charge in [-0.15, -0.1) is 0 Å². The van der Waals surface area contributed by atoms with Gasteiger partial charge in [-0.25, -0.2) is 0 Å². The first-order valence-electron chi connectivity index (χ1n) is 9.13. The summed E-state index contributed by atoms with van der Waals surface area (Å²) in [6, 6.07) is 17.7. The Kier molecular flexibility index (Phi) is 5.27. The van der Waals surface area contributed by atoms with Crippen molar-refractivity contribution in [3.8, 4) is 11.4 Å². The molecule has 0 bridgehead atoms. The Balaban J connectivity index is 1.80. The van der Waals surface area contributed by atoms with Crippen molar-refractivity contribution in [3.63, 3.8) is 0 Å². The van der Waals surface area contributed by atoms with E-state index in [9.17, 15) is 5.11 Å². The highest BCUT2D eigenvalue weighted by atomic mass is 32.1. The Bertz CT molecular complexity index is 960. The molecule has 0 saturated carbocycles. The molecule has 2 N–H and O–H groups in total. The molecule has 0 spiro atoms. The van der Waals surface area contributed by atoms with E-state index in [1.807, 2.05) is 59.6 Å². The van der Waals surface area contributed by atoms with Crippen LogP contribution < -0.4 is 10.1 Å². The third-order valence-corrected chi connectivity index (χ3v) is 5.31. The van der Waals surface area contributed by atoms with Crippen molar-refractivity contribution in [1.29, 1.82) is 0 Å². The van der Waals surface area contributed by atoms with E-state index >= 15 is 0 Å². The number of aliphatic hydroxyl groups is 1. The zero-order valence-corrected chi connectivity index (χ0v) is 16.3. The van der Waals surface area contributed by atoms with Gasteiger partial charge in [0.15, 0.2) is 5.11 Å². The van der Waals surface area contributed by atoms with Crippen LogP contribution in [-0.4, -0.2) is 44.9 Å². The van der Waals surface area contributed by atoms with Gasteiger partial charge in [0, 0.05) is 36.4 Å². The minimum Gasteiger partial charge on any atom is -0.497 e. The lowest BCUT2D eigenvalue weighted by Crippen LogP contribution is -2.32. The molecule has 7 heteroatoms. The average molecular weight is 395 g/mol. The second-order valence-corrected chi connectivity index (χ2v) is 6.93. The lowest BCUT2D eigenvalue weighted by Gasteiger charge is -2.28. The van der Waals surface area contributed by atoms with Gasteiger partial charge in [0.2, 0.25) is 0 Å². The predicted octanol–water partition coefficient (Wildman–Crippen LogP) is 2.85. The monoisotopic (exact) mass is 394 g/mol. The topological polar surface area (TPSA) is 62.5 Å². The van der Waals surface area contributed by atoms with Crippen LogP contribution in [0, 0.1) is 0 Å². The number of aromatic nitrogens is 2. The van der Waals surface area contributed by atoms with Gasteiger partial charge in [-0.3, -0.25) is 4.98 Å². The molecule has 4 rings (SSSR count). The van der Waals surface area contributed by atoms with E-state index in [-0.39, 0.29) is 18.7 Å². The molecule has 1 fully saturated rings. The van der Waals surface area contributed by atoms with E-state index in [0.717, 1.165) is 22.8 Å². The van der Waals surface area contributed by atoms with Gasteiger partial charge in [0.25, 0.3) is 0 Å². The normalized spacial score (nSPS) is 18.9. The van der Waals surface area contributed by atoms with Gasteiger partial charge in [-0.2, -0.15) is 0 Å². The molecule has 144 valence electrons. The standard InChI is InChI=1S/C21H22N4O2S/c1-27-16-7-4-6-15(14-16)24-11-5-9-18(24)20-19(17-8-2-3-10-22-17)23-21(28)25(20)12-13-26/h2-11,14,19-20,26H,12-13H2,1H3,(H,23,28). The molecule has 6 nitrogen and oxygen atoms in total. The molecule has 1 aliphatic rings. The fourth-order valence-electron chi connectivity index (χ4n) is 3.71. The number of nitrogens with one attached hydrogen (secondary N) is 1. The van der Waals surface area contributed by atoms with Gasteiger partial charge >= 0.3 is 0 Å². The van der Waals surface area contributed by atoms with Crippen molar-refractivity contribution < 1.29 is 9.84 Å². The Morgan fingerprint density at radius 1 is 1.18 bits per heavy atom. The van der Waals surface area contributed by atoms with Crippen LogP contribution in [0.2, 0.25) is 0 Å². The molecule has 28 heavy (non-hydrogen) atoms. The lowest BCUT2D eigenvalue weighted by atomic mass is 10.0. The van der Waals surface area contributed by atoms with E-state index < -0.39 is 0 Å². The number of hydrogen-bond donors (Lipinski definition) is 2. The van der Waals surface area contributed by atoms with Crippen molar-refractivity contribution in [2.45, 2.75) is 12.1 Å². The molecule has 2 atom stereocenters. The third-order valence-electron chi connectivity index (χ3n) is 4.95. The molecule has 1 aliphatic heterocycles. The Morgan fingerprint density at radius 2 is 2.07 bits per heavy atom. The summed E-state index contributed by atoms with van der Waals surface area (Å²) < 4.78 is 7.51. The molecule has 0 radical (unpaired) electrons. The Hall–Kier alpha value is -2.90. The summed E-state index contributed by atoms with van der Waals surface area (Å²) in [5.41, 5.74) is 2.97. The summed E-state index contributed by atoms with van der Waals surface area (Å²) in [5, 5.41) is 13.6. The average Bonchev–Trinajstić information content (AvgIpc) is 3.34. The fourth-order valence-corrected chi connectivity index (χ4v) is 4.04. The zero-order valence-electron chi connectivity index (χ0n) is 15.5. The smallest absolute Gasteiger partial charge is 0.170 e. The number of benzene rings is 1. The molecule has 0 aliphatic carbocycles. The molecule has 2 aromatic heterocycles. The highest BCUT2D eigenvalue weighted by Crippen LogP contribution is 2.39. The molecular formula is C21H22N4O2S. The number of hydrogen-bond acceptors (Lipinski definition) is 4. The number of nitrogens with zero attached hydrogens (tertiary/aromatic N) is 3. The molecule has 2 unspecified atom stereocenters. The summed E-state index contributed by atoms with van der Waals surface area (Å²) in [5.74, 6) is 0.797. The summed E-state index contributed by atoms with van der Waals surface area (Å²) in [7, 11) is 1.66. The fraction of sp³-hybridized carbons (Fsp3) is 0.238. The maximum atomic E-state index is 9.60. The molecular weight excluding hydrogens is 372 g/mol. The maximum Gasteiger partial charge on any atom is 0.170 e. The zero-order chi connectivity index (χ0) is 19.5. The van der Waals surface area contributed by atoms with Crippen LogP contribution in [-0.2, 0) is 0 Å². The molecule has 0 amide bonds. The van der Waals surface area contributed by atoms with E-state index in [1.165, 1.54) is 0 Å². The number of methoxy groups -OCH3 is 1. The van der Waals surface area contributed by atoms with Crippen LogP contribution in [0.4, 0.5) is 0 Å². The third kappa shape index (κ3) is 3.34. The van der Waals surface area contributed by atoms with Crippen LogP contribution in [0.3, 0.4) is 0 Å². The van der Waals surface area contributed by atoms with Crippen molar-refractivity contribution in [2.75, 3.05) is 20.3 Å². The number of aliphatic hydroxyl groups excluding tert-OH is 1. The van der Waals surface area contributed by atoms with E-state index in [0.29, 0.717) is 11.7 Å². The van der Waals surface area contributed by atoms with Crippen LogP contribution in [0.25, 0.3) is 5.69 Å². The first-order chi connectivity index (χ1) is 13.7. The Morgan fingerprint density at radius 3 is 2.82 bits per heavy atom. The van der Waals surface area contributed by atoms with Gasteiger partial charge in [0.05, 0.1) is 31.5 Å². The van der Waals surface area contributed by atoms with E-state index in [4.69, 9.17) is 17.0 Å². The SMILES string of the molecule is COc1cccc(-n2cccc2C2C(c3ccccn3)NC(=S)N2CCO)c1. The quantitative estimate of drug-likeness (QED) is 0.627. The van der Waals surface area contributed by atoms with Crippen molar-refractivity contribution in [2.24, 2.45) is 0 Å². The highest BCUT2D eigenvalue weighted by molar-refractivity contribution is 7.80. The molecule has 1 saturated heterocycles. The summed E-state index contributed by atoms with van der Waals surface area (Å²) >= 11 is 5.58. The Labute approximate surface area is 169 Å². The van der Waals surface area contributed by atoms with Crippen molar-refractivity contribution in [3.05, 3.63) is 78.4 Å². The predicted molar refractivity (Wildman–Crippen MR) is 112 cm³/mol. The van der Waals surface area contributed by atoms with Gasteiger partial charge in [-0.1, -0.05) is 12.1 Å². The summed E-state index contributed by atoms with van der Waals surface area (Å²) in [4.78, 5) is 6.57. The largest absolute Gasteiger partial charge is 0.497 e. The number of thiocarbonyl (C=S) groups is 1. The number of ether oxygens (including phenoxy) is 1. The minimum absolute atomic E-state index is 0.0210. The first-order valence-corrected chi connectivity index (χ1v) is 9.54. The summed E-state index contributed by atoms with van der Waals surface area (Å²) in [6.07, 6.45) is 3.81. The molecule has 3 aromatic rings. The minimum atomic E-state index is -0.112. The van der Waals surface area contributed by atoms with E-state index in [2.05, 4.69) is 20.9 Å². The molecule has 1 aromatic carbocycles. The van der Waals surface area contributed by atoms with Gasteiger partial charge < -0.3 is 24.6 Å². The maximum absolute atomic E-state index is 9.60. The highest BCUT2D eigenvalue weighted by Gasteiger charge is 2.40. The second-order valence-electron chi connectivity index (χ2n) is 6.55. The van der Waals surface area contributed by atoms with Crippen LogP contribution in [0.1, 0.15) is 23.5 Å². The van der Waals surface area contributed by atoms with E-state index in [1.54, 1.807) is 13.3 Å². The second kappa shape index (κ2) is 8.00. The van der Waals surface area contributed by atoms with Gasteiger partial charge in [-0.05, 0) is 48.6 Å². The first kappa shape index (κ1) is 18.5. The molecule has 3 heterocycles. The van der Waals surface area contributed by atoms with Crippen molar-refractivity contribution in [1.82, 2.24) is 19.8 Å². The summed E-state index contributed by atoms with van der Waals surface area (Å²) in [6.45, 7) is 0.469. The number of β-amino-alcohol motifs (C(OH)–C–C–N with tert-alkyl or cyclic N) is 1. The van der Waals surface area contributed by atoms with Crippen LogP contribution >= 0.6 is 12.2 Å². The van der Waals surface area contributed by atoms with Gasteiger partial charge in [0.1, 0.15) is 5.75 Å².